The van der Waals surface area contributed by atoms with Gasteiger partial charge in [0.05, 0.1) is 5.57 Å². The third-order valence-corrected chi connectivity index (χ3v) is 4.55. The summed E-state index contributed by atoms with van der Waals surface area (Å²) < 4.78 is 1.69. The normalized spacial score (nSPS) is 16.2. The number of hydrogen-bond donors (Lipinski definition) is 2. The zero-order valence-corrected chi connectivity index (χ0v) is 14.7. The molecule has 0 radical (unpaired) electrons. The summed E-state index contributed by atoms with van der Waals surface area (Å²) in [6.45, 7) is 1.81. The van der Waals surface area contributed by atoms with Gasteiger partial charge in [-0.1, -0.05) is 54.1 Å². The van der Waals surface area contributed by atoms with Crippen LogP contribution in [0.25, 0.3) is 11.4 Å². The zero-order chi connectivity index (χ0) is 18.3. The highest BCUT2D eigenvalue weighted by atomic mass is 35.5. The molecule has 6 nitrogen and oxygen atoms in total. The molecule has 0 aliphatic carbocycles. The highest BCUT2D eigenvalue weighted by Crippen LogP contribution is 2.36. The Labute approximate surface area is 155 Å². The molecule has 1 atom stereocenters. The quantitative estimate of drug-likeness (QED) is 0.745. The fraction of sp³-hybridized carbons (Fsp3) is 0.105. The Kier molecular flexibility index (Phi) is 3.97. The summed E-state index contributed by atoms with van der Waals surface area (Å²) in [5.74, 6) is 0.583. The maximum absolute atomic E-state index is 12.1. The number of allylic oxidation sites excluding steroid dienone is 1. The number of amides is 1. The second-order valence-electron chi connectivity index (χ2n) is 6.06. The van der Waals surface area contributed by atoms with Crippen molar-refractivity contribution in [2.24, 2.45) is 5.73 Å². The van der Waals surface area contributed by atoms with Gasteiger partial charge in [-0.3, -0.25) is 4.79 Å². The van der Waals surface area contributed by atoms with E-state index in [2.05, 4.69) is 15.4 Å². The van der Waals surface area contributed by atoms with Gasteiger partial charge in [-0.05, 0) is 24.6 Å². The molecule has 0 saturated carbocycles. The fourth-order valence-corrected chi connectivity index (χ4v) is 3.35. The van der Waals surface area contributed by atoms with Crippen molar-refractivity contribution in [1.82, 2.24) is 14.8 Å². The molecule has 4 rings (SSSR count). The maximum atomic E-state index is 12.1. The summed E-state index contributed by atoms with van der Waals surface area (Å²) in [5, 5.41) is 8.37. The molecule has 2 aromatic carbocycles. The van der Waals surface area contributed by atoms with Crippen LogP contribution in [0, 0.1) is 0 Å². The molecule has 3 aromatic rings. The van der Waals surface area contributed by atoms with Crippen LogP contribution in [0.5, 0.6) is 0 Å². The first-order valence-electron chi connectivity index (χ1n) is 8.09. The highest BCUT2D eigenvalue weighted by Gasteiger charge is 2.33. The van der Waals surface area contributed by atoms with Gasteiger partial charge in [0.15, 0.2) is 5.82 Å². The number of aromatic nitrogens is 3. The van der Waals surface area contributed by atoms with Crippen molar-refractivity contribution in [3.8, 4) is 11.4 Å². The molecule has 1 aliphatic heterocycles. The van der Waals surface area contributed by atoms with Crippen LogP contribution in [0.4, 0.5) is 5.95 Å². The molecule has 1 amide bonds. The van der Waals surface area contributed by atoms with E-state index in [4.69, 9.17) is 17.3 Å². The van der Waals surface area contributed by atoms with Crippen LogP contribution in [0.1, 0.15) is 18.5 Å². The van der Waals surface area contributed by atoms with E-state index < -0.39 is 11.9 Å². The van der Waals surface area contributed by atoms with E-state index in [1.54, 1.807) is 16.8 Å². The summed E-state index contributed by atoms with van der Waals surface area (Å²) >= 11 is 6.09. The van der Waals surface area contributed by atoms with Gasteiger partial charge < -0.3 is 11.1 Å². The van der Waals surface area contributed by atoms with Crippen LogP contribution in [0.15, 0.2) is 65.9 Å². The van der Waals surface area contributed by atoms with Crippen LogP contribution in [0.3, 0.4) is 0 Å². The van der Waals surface area contributed by atoms with Crippen molar-refractivity contribution in [1.29, 1.82) is 0 Å². The molecule has 130 valence electrons. The number of benzene rings is 2. The predicted molar refractivity (Wildman–Crippen MR) is 101 cm³/mol. The van der Waals surface area contributed by atoms with Gasteiger partial charge in [0.2, 0.25) is 11.9 Å². The van der Waals surface area contributed by atoms with Gasteiger partial charge in [0.25, 0.3) is 0 Å². The average Bonchev–Trinajstić information content (AvgIpc) is 3.04. The van der Waals surface area contributed by atoms with Crippen LogP contribution in [0.2, 0.25) is 5.02 Å². The SMILES string of the molecule is CC1=C(C(N)=O)C(c2ccccc2)n2nc(-c3cccc(Cl)c3)nc2N1. The Hall–Kier alpha value is -3.12. The lowest BCUT2D eigenvalue weighted by molar-refractivity contribution is -0.115. The lowest BCUT2D eigenvalue weighted by Gasteiger charge is -2.27. The minimum absolute atomic E-state index is 0.439. The van der Waals surface area contributed by atoms with E-state index in [1.165, 1.54) is 0 Å². The summed E-state index contributed by atoms with van der Waals surface area (Å²) in [4.78, 5) is 16.7. The Balaban J connectivity index is 1.89. The molecule has 1 aliphatic rings. The molecule has 0 fully saturated rings. The molecule has 7 heteroatoms. The second-order valence-corrected chi connectivity index (χ2v) is 6.49. The molecular weight excluding hydrogens is 350 g/mol. The summed E-state index contributed by atoms with van der Waals surface area (Å²) in [6, 6.07) is 16.5. The highest BCUT2D eigenvalue weighted by molar-refractivity contribution is 6.30. The third-order valence-electron chi connectivity index (χ3n) is 4.32. The molecule has 26 heavy (non-hydrogen) atoms. The minimum Gasteiger partial charge on any atom is -0.366 e. The first kappa shape index (κ1) is 16.4. The van der Waals surface area contributed by atoms with Gasteiger partial charge >= 0.3 is 0 Å². The summed E-state index contributed by atoms with van der Waals surface area (Å²) in [6.07, 6.45) is 0. The summed E-state index contributed by atoms with van der Waals surface area (Å²) in [5.41, 5.74) is 8.50. The topological polar surface area (TPSA) is 85.8 Å². The zero-order valence-electron chi connectivity index (χ0n) is 14.0. The van der Waals surface area contributed by atoms with E-state index >= 15 is 0 Å². The van der Waals surface area contributed by atoms with Gasteiger partial charge in [-0.25, -0.2) is 4.68 Å². The number of halogens is 1. The second kappa shape index (κ2) is 6.31. The largest absolute Gasteiger partial charge is 0.366 e. The van der Waals surface area contributed by atoms with E-state index in [1.807, 2.05) is 49.4 Å². The van der Waals surface area contributed by atoms with E-state index in [-0.39, 0.29) is 0 Å². The Morgan fingerprint density at radius 1 is 1.19 bits per heavy atom. The molecular formula is C19H16ClN5O. The molecule has 1 unspecified atom stereocenters. The number of anilines is 1. The van der Waals surface area contributed by atoms with Crippen molar-refractivity contribution in [3.63, 3.8) is 0 Å². The summed E-state index contributed by atoms with van der Waals surface area (Å²) in [7, 11) is 0. The van der Waals surface area contributed by atoms with E-state index in [9.17, 15) is 4.79 Å². The molecule has 0 saturated heterocycles. The first-order valence-corrected chi connectivity index (χ1v) is 8.47. The number of nitrogens with zero attached hydrogens (tertiary/aromatic N) is 3. The van der Waals surface area contributed by atoms with Gasteiger partial charge in [0, 0.05) is 16.3 Å². The smallest absolute Gasteiger partial charge is 0.248 e. The minimum atomic E-state index is -0.491. The predicted octanol–water partition coefficient (Wildman–Crippen LogP) is 3.37. The Morgan fingerprint density at radius 3 is 2.65 bits per heavy atom. The van der Waals surface area contributed by atoms with E-state index in [0.717, 1.165) is 11.1 Å². The van der Waals surface area contributed by atoms with Crippen molar-refractivity contribution in [3.05, 3.63) is 76.5 Å². The lowest BCUT2D eigenvalue weighted by atomic mass is 9.95. The van der Waals surface area contributed by atoms with Gasteiger partial charge in [-0.15, -0.1) is 5.10 Å². The third kappa shape index (κ3) is 2.74. The first-order chi connectivity index (χ1) is 12.5. The number of carbonyl (C=O) groups excluding carboxylic acids is 1. The molecule has 0 bridgehead atoms. The monoisotopic (exact) mass is 365 g/mol. The number of primary amides is 1. The standard InChI is InChI=1S/C19H16ClN5O/c1-11-15(17(21)26)16(12-6-3-2-4-7-12)25-19(22-11)23-18(24-25)13-8-5-9-14(20)10-13/h2-10,16H,1H3,(H2,21,26)(H,22,23,24). The maximum Gasteiger partial charge on any atom is 0.248 e. The lowest BCUT2D eigenvalue weighted by Crippen LogP contribution is -2.31. The number of fused-ring (bicyclic) bond motifs is 1. The van der Waals surface area contributed by atoms with Crippen molar-refractivity contribution in [2.75, 3.05) is 5.32 Å². The molecule has 1 aromatic heterocycles. The average molecular weight is 366 g/mol. The number of rotatable bonds is 3. The van der Waals surface area contributed by atoms with Crippen LogP contribution in [-0.4, -0.2) is 20.7 Å². The van der Waals surface area contributed by atoms with Gasteiger partial charge in [0.1, 0.15) is 6.04 Å². The van der Waals surface area contributed by atoms with Crippen LogP contribution < -0.4 is 11.1 Å². The Bertz CT molecular complexity index is 1030. The van der Waals surface area contributed by atoms with Crippen molar-refractivity contribution >= 4 is 23.5 Å². The van der Waals surface area contributed by atoms with Crippen molar-refractivity contribution in [2.45, 2.75) is 13.0 Å². The number of nitrogens with one attached hydrogen (secondary N) is 1. The Morgan fingerprint density at radius 2 is 1.96 bits per heavy atom. The van der Waals surface area contributed by atoms with Crippen molar-refractivity contribution < 1.29 is 4.79 Å². The van der Waals surface area contributed by atoms with Crippen LogP contribution in [-0.2, 0) is 4.79 Å². The number of hydrogen-bond acceptors (Lipinski definition) is 4. The van der Waals surface area contributed by atoms with Gasteiger partial charge in [-0.2, -0.15) is 4.98 Å². The molecule has 2 heterocycles. The molecule has 3 N–H and O–H groups in total. The fourth-order valence-electron chi connectivity index (χ4n) is 3.16. The van der Waals surface area contributed by atoms with E-state index in [0.29, 0.717) is 28.1 Å². The van der Waals surface area contributed by atoms with Crippen LogP contribution >= 0.6 is 11.6 Å². The molecule has 0 spiro atoms. The number of nitrogens with two attached hydrogens (primary N) is 1. The number of carbonyl (C=O) groups is 1.